The first-order valence-electron chi connectivity index (χ1n) is 6.46. The molecule has 0 saturated heterocycles. The highest BCUT2D eigenvalue weighted by Crippen LogP contribution is 2.20. The van der Waals surface area contributed by atoms with Gasteiger partial charge in [-0.05, 0) is 24.1 Å². The van der Waals surface area contributed by atoms with E-state index in [1.165, 1.54) is 20.3 Å². The molecule has 0 saturated carbocycles. The first-order chi connectivity index (χ1) is 9.51. The van der Waals surface area contributed by atoms with Crippen molar-refractivity contribution >= 4 is 11.9 Å². The lowest BCUT2D eigenvalue weighted by Crippen LogP contribution is -2.10. The van der Waals surface area contributed by atoms with Crippen molar-refractivity contribution in [3.05, 3.63) is 29.3 Å². The lowest BCUT2D eigenvalue weighted by Gasteiger charge is -2.12. The Bertz CT molecular complexity index is 447. The molecule has 0 aliphatic heterocycles. The third-order valence-corrected chi connectivity index (χ3v) is 2.98. The van der Waals surface area contributed by atoms with Crippen LogP contribution in [0.25, 0.3) is 0 Å². The van der Waals surface area contributed by atoms with Gasteiger partial charge in [0, 0.05) is 0 Å². The smallest absolute Gasteiger partial charge is 0.338 e. The lowest BCUT2D eigenvalue weighted by atomic mass is 10.1. The number of esters is 2. The van der Waals surface area contributed by atoms with Crippen LogP contribution in [0, 0.1) is 5.92 Å². The SMILES string of the molecule is CCC(C)COc1cc(C(=O)OC)cc(C(=O)OC)c1. The first kappa shape index (κ1) is 16.0. The van der Waals surface area contributed by atoms with Crippen LogP contribution in [0.2, 0.25) is 0 Å². The summed E-state index contributed by atoms with van der Waals surface area (Å²) in [6, 6.07) is 4.54. The van der Waals surface area contributed by atoms with Gasteiger partial charge < -0.3 is 14.2 Å². The van der Waals surface area contributed by atoms with E-state index in [0.717, 1.165) is 6.42 Å². The third-order valence-electron chi connectivity index (χ3n) is 2.98. The van der Waals surface area contributed by atoms with Crippen molar-refractivity contribution in [3.63, 3.8) is 0 Å². The summed E-state index contributed by atoms with van der Waals surface area (Å²) in [5.74, 6) is -0.208. The molecule has 0 fully saturated rings. The molecule has 0 aliphatic carbocycles. The molecule has 1 unspecified atom stereocenters. The summed E-state index contributed by atoms with van der Waals surface area (Å²) in [7, 11) is 2.57. The van der Waals surface area contributed by atoms with Crippen molar-refractivity contribution in [1.29, 1.82) is 0 Å². The number of hydrogen-bond acceptors (Lipinski definition) is 5. The molecular formula is C15H20O5. The number of ether oxygens (including phenoxy) is 3. The summed E-state index contributed by atoms with van der Waals surface area (Å²) in [6.45, 7) is 4.64. The average molecular weight is 280 g/mol. The summed E-state index contributed by atoms with van der Waals surface area (Å²) < 4.78 is 14.9. The highest BCUT2D eigenvalue weighted by atomic mass is 16.5. The molecule has 0 radical (unpaired) electrons. The average Bonchev–Trinajstić information content (AvgIpc) is 2.50. The maximum absolute atomic E-state index is 11.6. The van der Waals surface area contributed by atoms with Gasteiger partial charge in [-0.15, -0.1) is 0 Å². The maximum Gasteiger partial charge on any atom is 0.338 e. The molecule has 0 aromatic heterocycles. The fraction of sp³-hybridized carbons (Fsp3) is 0.467. The molecule has 1 aromatic rings. The number of carbonyl (C=O) groups is 2. The second-order valence-corrected chi connectivity index (χ2v) is 4.55. The molecule has 0 N–H and O–H groups in total. The number of benzene rings is 1. The van der Waals surface area contributed by atoms with Crippen molar-refractivity contribution in [1.82, 2.24) is 0 Å². The van der Waals surface area contributed by atoms with Crippen molar-refractivity contribution in [2.45, 2.75) is 20.3 Å². The van der Waals surface area contributed by atoms with E-state index >= 15 is 0 Å². The topological polar surface area (TPSA) is 61.8 Å². The molecule has 5 heteroatoms. The van der Waals surface area contributed by atoms with Crippen molar-refractivity contribution < 1.29 is 23.8 Å². The van der Waals surface area contributed by atoms with Crippen molar-refractivity contribution in [3.8, 4) is 5.75 Å². The van der Waals surface area contributed by atoms with E-state index in [-0.39, 0.29) is 11.1 Å². The van der Waals surface area contributed by atoms with E-state index in [0.29, 0.717) is 18.3 Å². The fourth-order valence-electron chi connectivity index (χ4n) is 1.51. The number of hydrogen-bond donors (Lipinski definition) is 0. The summed E-state index contributed by atoms with van der Waals surface area (Å²) in [5.41, 5.74) is 0.518. The van der Waals surface area contributed by atoms with Gasteiger partial charge in [-0.3, -0.25) is 0 Å². The number of methoxy groups -OCH3 is 2. The van der Waals surface area contributed by atoms with Gasteiger partial charge in [-0.25, -0.2) is 9.59 Å². The Hall–Kier alpha value is -2.04. The Morgan fingerprint density at radius 1 is 1.05 bits per heavy atom. The van der Waals surface area contributed by atoms with Crippen LogP contribution in [0.5, 0.6) is 5.75 Å². The molecule has 20 heavy (non-hydrogen) atoms. The predicted molar refractivity (Wildman–Crippen MR) is 74.1 cm³/mol. The van der Waals surface area contributed by atoms with E-state index < -0.39 is 11.9 Å². The fourth-order valence-corrected chi connectivity index (χ4v) is 1.51. The standard InChI is InChI=1S/C15H20O5/c1-5-10(2)9-20-13-7-11(14(16)18-3)6-12(8-13)15(17)19-4/h6-8,10H,5,9H2,1-4H3. The Kier molecular flexibility index (Phi) is 6.03. The van der Waals surface area contributed by atoms with Crippen LogP contribution in [0.4, 0.5) is 0 Å². The van der Waals surface area contributed by atoms with Crippen LogP contribution in [0.3, 0.4) is 0 Å². The lowest BCUT2D eigenvalue weighted by molar-refractivity contribution is 0.0598. The van der Waals surface area contributed by atoms with E-state index in [1.807, 2.05) is 0 Å². The molecule has 0 spiro atoms. The Morgan fingerprint density at radius 2 is 1.55 bits per heavy atom. The van der Waals surface area contributed by atoms with Gasteiger partial charge >= 0.3 is 11.9 Å². The zero-order valence-corrected chi connectivity index (χ0v) is 12.3. The molecule has 5 nitrogen and oxygen atoms in total. The van der Waals surface area contributed by atoms with Gasteiger partial charge in [-0.1, -0.05) is 20.3 Å². The summed E-state index contributed by atoms with van der Waals surface area (Å²) in [6.07, 6.45) is 0.987. The van der Waals surface area contributed by atoms with E-state index in [4.69, 9.17) is 4.74 Å². The molecule has 0 amide bonds. The van der Waals surface area contributed by atoms with Crippen LogP contribution in [-0.2, 0) is 9.47 Å². The second-order valence-electron chi connectivity index (χ2n) is 4.55. The largest absolute Gasteiger partial charge is 0.493 e. The van der Waals surface area contributed by atoms with Crippen LogP contribution < -0.4 is 4.74 Å². The quantitative estimate of drug-likeness (QED) is 0.750. The first-order valence-corrected chi connectivity index (χ1v) is 6.46. The van der Waals surface area contributed by atoms with Gasteiger partial charge in [0.15, 0.2) is 0 Å². The highest BCUT2D eigenvalue weighted by molar-refractivity contribution is 5.96. The van der Waals surface area contributed by atoms with E-state index in [2.05, 4.69) is 23.3 Å². The Balaban J connectivity index is 3.03. The minimum atomic E-state index is -0.524. The number of rotatable bonds is 6. The maximum atomic E-state index is 11.6. The molecule has 1 rings (SSSR count). The van der Waals surface area contributed by atoms with Crippen LogP contribution in [-0.4, -0.2) is 32.8 Å². The molecule has 0 aliphatic rings. The van der Waals surface area contributed by atoms with E-state index in [1.54, 1.807) is 12.1 Å². The minimum Gasteiger partial charge on any atom is -0.493 e. The molecule has 1 aromatic carbocycles. The Morgan fingerprint density at radius 3 is 1.95 bits per heavy atom. The van der Waals surface area contributed by atoms with Crippen LogP contribution in [0.1, 0.15) is 41.0 Å². The minimum absolute atomic E-state index is 0.259. The highest BCUT2D eigenvalue weighted by Gasteiger charge is 2.14. The van der Waals surface area contributed by atoms with Gasteiger partial charge in [0.25, 0.3) is 0 Å². The summed E-state index contributed by atoms with van der Waals surface area (Å²) >= 11 is 0. The Labute approximate surface area is 118 Å². The van der Waals surface area contributed by atoms with Crippen molar-refractivity contribution in [2.75, 3.05) is 20.8 Å². The normalized spacial score (nSPS) is 11.6. The molecule has 0 heterocycles. The van der Waals surface area contributed by atoms with Crippen LogP contribution >= 0.6 is 0 Å². The summed E-state index contributed by atoms with van der Waals surface area (Å²) in [4.78, 5) is 23.2. The van der Waals surface area contributed by atoms with Gasteiger partial charge in [-0.2, -0.15) is 0 Å². The molecule has 1 atom stereocenters. The zero-order valence-electron chi connectivity index (χ0n) is 12.3. The van der Waals surface area contributed by atoms with Gasteiger partial charge in [0.1, 0.15) is 5.75 Å². The van der Waals surface area contributed by atoms with Crippen LogP contribution in [0.15, 0.2) is 18.2 Å². The molecule has 0 bridgehead atoms. The molecule has 110 valence electrons. The van der Waals surface area contributed by atoms with E-state index in [9.17, 15) is 9.59 Å². The monoisotopic (exact) mass is 280 g/mol. The summed E-state index contributed by atoms with van der Waals surface area (Å²) in [5, 5.41) is 0. The second kappa shape index (κ2) is 7.53. The number of carbonyl (C=O) groups excluding carboxylic acids is 2. The third kappa shape index (κ3) is 4.26. The van der Waals surface area contributed by atoms with Gasteiger partial charge in [0.2, 0.25) is 0 Å². The zero-order chi connectivity index (χ0) is 15.1. The van der Waals surface area contributed by atoms with Crippen molar-refractivity contribution in [2.24, 2.45) is 5.92 Å². The predicted octanol–water partition coefficient (Wildman–Crippen LogP) is 2.68. The van der Waals surface area contributed by atoms with Gasteiger partial charge in [0.05, 0.1) is 32.0 Å². The molecular weight excluding hydrogens is 260 g/mol.